The number of hydrogen-bond donors (Lipinski definition) is 1. The number of hydrogen-bond acceptors (Lipinski definition) is 3. The van der Waals surface area contributed by atoms with Gasteiger partial charge >= 0.3 is 5.97 Å². The molecule has 19 heavy (non-hydrogen) atoms. The number of rotatable bonds is 6. The third-order valence-electron chi connectivity index (χ3n) is 4.14. The Labute approximate surface area is 113 Å². The van der Waals surface area contributed by atoms with Crippen LogP contribution in [0.25, 0.3) is 0 Å². The minimum atomic E-state index is -0.890. The molecule has 2 rings (SSSR count). The summed E-state index contributed by atoms with van der Waals surface area (Å²) in [6, 6.07) is 0. The van der Waals surface area contributed by atoms with Gasteiger partial charge in [0.1, 0.15) is 0 Å². The fourth-order valence-corrected chi connectivity index (χ4v) is 3.39. The number of carboxylic acids is 1. The summed E-state index contributed by atoms with van der Waals surface area (Å²) >= 11 is 0. The molecule has 0 aliphatic carbocycles. The van der Waals surface area contributed by atoms with Crippen molar-refractivity contribution in [1.82, 2.24) is 4.90 Å². The third kappa shape index (κ3) is 2.61. The summed E-state index contributed by atoms with van der Waals surface area (Å²) in [4.78, 5) is 25.8. The summed E-state index contributed by atoms with van der Waals surface area (Å²) in [6.07, 6.45) is 2.93. The van der Waals surface area contributed by atoms with E-state index in [-0.39, 0.29) is 18.1 Å². The van der Waals surface area contributed by atoms with Crippen molar-refractivity contribution in [3.05, 3.63) is 0 Å². The van der Waals surface area contributed by atoms with Crippen molar-refractivity contribution in [1.29, 1.82) is 0 Å². The van der Waals surface area contributed by atoms with E-state index in [0.29, 0.717) is 13.1 Å². The monoisotopic (exact) mass is 269 g/mol. The van der Waals surface area contributed by atoms with E-state index >= 15 is 0 Å². The number of carbonyl (C=O) groups is 2. The Morgan fingerprint density at radius 1 is 1.11 bits per heavy atom. The zero-order valence-corrected chi connectivity index (χ0v) is 11.7. The fraction of sp³-hybridized carbons (Fsp3) is 0.857. The molecule has 1 N–H and O–H groups in total. The Bertz CT molecular complexity index is 351. The van der Waals surface area contributed by atoms with Gasteiger partial charge in [0, 0.05) is 13.1 Å². The Balaban J connectivity index is 2.13. The topological polar surface area (TPSA) is 66.8 Å². The first kappa shape index (κ1) is 14.3. The quantitative estimate of drug-likeness (QED) is 0.793. The minimum absolute atomic E-state index is 0.0247. The smallest absolute Gasteiger partial charge is 0.310 e. The van der Waals surface area contributed by atoms with Crippen LogP contribution in [0.1, 0.15) is 39.5 Å². The molecule has 0 aromatic rings. The van der Waals surface area contributed by atoms with Gasteiger partial charge < -0.3 is 14.7 Å². The van der Waals surface area contributed by atoms with Gasteiger partial charge in [-0.1, -0.05) is 13.8 Å². The Morgan fingerprint density at radius 2 is 1.63 bits per heavy atom. The van der Waals surface area contributed by atoms with E-state index < -0.39 is 17.8 Å². The first-order valence-electron chi connectivity index (χ1n) is 7.27. The summed E-state index contributed by atoms with van der Waals surface area (Å²) in [5.74, 6) is -2.04. The molecule has 0 spiro atoms. The molecule has 4 unspecified atom stereocenters. The van der Waals surface area contributed by atoms with Crippen LogP contribution in [0, 0.1) is 11.8 Å². The predicted octanol–water partition coefficient (Wildman–Crippen LogP) is 1.51. The maximum Gasteiger partial charge on any atom is 0.310 e. The van der Waals surface area contributed by atoms with Crippen LogP contribution in [-0.4, -0.2) is 47.2 Å². The van der Waals surface area contributed by atoms with Crippen LogP contribution in [0.4, 0.5) is 0 Å². The Morgan fingerprint density at radius 3 is 2.11 bits per heavy atom. The number of carbonyl (C=O) groups excluding carboxylic acids is 1. The van der Waals surface area contributed by atoms with Crippen LogP contribution in [0.5, 0.6) is 0 Å². The molecule has 0 aromatic heterocycles. The molecule has 2 bridgehead atoms. The summed E-state index contributed by atoms with van der Waals surface area (Å²) in [6.45, 7) is 5.46. The first-order chi connectivity index (χ1) is 9.10. The molecule has 2 aliphatic heterocycles. The summed E-state index contributed by atoms with van der Waals surface area (Å²) in [5.41, 5.74) is 0. The largest absolute Gasteiger partial charge is 0.481 e. The van der Waals surface area contributed by atoms with Gasteiger partial charge in [0.05, 0.1) is 24.0 Å². The molecular weight excluding hydrogens is 246 g/mol. The van der Waals surface area contributed by atoms with Gasteiger partial charge in [-0.15, -0.1) is 0 Å². The maximum absolute atomic E-state index is 12.6. The zero-order chi connectivity index (χ0) is 14.0. The molecule has 2 heterocycles. The molecular formula is C14H23NO4. The molecule has 0 radical (unpaired) electrons. The van der Waals surface area contributed by atoms with Crippen LogP contribution in [0.2, 0.25) is 0 Å². The maximum atomic E-state index is 12.6. The van der Waals surface area contributed by atoms with E-state index in [2.05, 4.69) is 0 Å². The van der Waals surface area contributed by atoms with Crippen LogP contribution in [0.3, 0.4) is 0 Å². The van der Waals surface area contributed by atoms with Gasteiger partial charge in [-0.25, -0.2) is 0 Å². The van der Waals surface area contributed by atoms with Gasteiger partial charge in [0.25, 0.3) is 0 Å². The van der Waals surface area contributed by atoms with Gasteiger partial charge in [0.15, 0.2) is 0 Å². The summed E-state index contributed by atoms with van der Waals surface area (Å²) in [7, 11) is 0. The molecule has 108 valence electrons. The lowest BCUT2D eigenvalue weighted by atomic mass is 9.78. The molecule has 2 fully saturated rings. The SMILES string of the molecule is CCCN(CCC)C(=O)C1C2CCC(O2)C1C(=O)O. The van der Waals surface area contributed by atoms with Crippen molar-refractivity contribution in [2.45, 2.75) is 51.7 Å². The molecule has 0 aromatic carbocycles. The lowest BCUT2D eigenvalue weighted by Gasteiger charge is -2.30. The van der Waals surface area contributed by atoms with Gasteiger partial charge in [-0.05, 0) is 25.7 Å². The fourth-order valence-electron chi connectivity index (χ4n) is 3.39. The Hall–Kier alpha value is -1.10. The predicted molar refractivity (Wildman–Crippen MR) is 69.7 cm³/mol. The zero-order valence-electron chi connectivity index (χ0n) is 11.7. The second kappa shape index (κ2) is 5.90. The average molecular weight is 269 g/mol. The normalized spacial score (nSPS) is 32.5. The van der Waals surface area contributed by atoms with Crippen molar-refractivity contribution < 1.29 is 19.4 Å². The standard InChI is InChI=1S/C14H23NO4/c1-3-7-15(8-4-2)13(16)11-9-5-6-10(19-9)12(11)14(17)18/h9-12H,3-8H2,1-2H3,(H,17,18). The highest BCUT2D eigenvalue weighted by molar-refractivity contribution is 5.86. The van der Waals surface area contributed by atoms with Gasteiger partial charge in [-0.2, -0.15) is 0 Å². The van der Waals surface area contributed by atoms with E-state index in [0.717, 1.165) is 25.7 Å². The number of fused-ring (bicyclic) bond motifs is 2. The van der Waals surface area contributed by atoms with Crippen molar-refractivity contribution in [2.24, 2.45) is 11.8 Å². The van der Waals surface area contributed by atoms with E-state index in [1.54, 1.807) is 0 Å². The van der Waals surface area contributed by atoms with Crippen LogP contribution in [-0.2, 0) is 14.3 Å². The lowest BCUT2D eigenvalue weighted by Crippen LogP contribution is -2.46. The van der Waals surface area contributed by atoms with Gasteiger partial charge in [-0.3, -0.25) is 9.59 Å². The van der Waals surface area contributed by atoms with E-state index in [4.69, 9.17) is 4.74 Å². The highest BCUT2D eigenvalue weighted by atomic mass is 16.5. The van der Waals surface area contributed by atoms with Crippen molar-refractivity contribution in [2.75, 3.05) is 13.1 Å². The molecule has 5 heteroatoms. The summed E-state index contributed by atoms with van der Waals surface area (Å²) < 4.78 is 5.66. The number of amides is 1. The molecule has 2 aliphatic rings. The minimum Gasteiger partial charge on any atom is -0.481 e. The van der Waals surface area contributed by atoms with Gasteiger partial charge in [0.2, 0.25) is 5.91 Å². The number of carboxylic acid groups (broad SMARTS) is 1. The number of nitrogens with zero attached hydrogens (tertiary/aromatic N) is 1. The second-order valence-electron chi connectivity index (χ2n) is 5.51. The van der Waals surface area contributed by atoms with Crippen molar-refractivity contribution in [3.8, 4) is 0 Å². The Kier molecular flexibility index (Phi) is 4.45. The highest BCUT2D eigenvalue weighted by Crippen LogP contribution is 2.44. The van der Waals surface area contributed by atoms with E-state index in [1.165, 1.54) is 0 Å². The first-order valence-corrected chi connectivity index (χ1v) is 7.27. The highest BCUT2D eigenvalue weighted by Gasteiger charge is 2.56. The molecule has 1 amide bonds. The third-order valence-corrected chi connectivity index (χ3v) is 4.14. The lowest BCUT2D eigenvalue weighted by molar-refractivity contribution is -0.150. The number of ether oxygens (including phenoxy) is 1. The van der Waals surface area contributed by atoms with Crippen LogP contribution < -0.4 is 0 Å². The molecule has 0 saturated carbocycles. The molecule has 4 atom stereocenters. The van der Waals surface area contributed by atoms with Crippen LogP contribution >= 0.6 is 0 Å². The van der Waals surface area contributed by atoms with E-state index in [1.807, 2.05) is 18.7 Å². The van der Waals surface area contributed by atoms with Crippen LogP contribution in [0.15, 0.2) is 0 Å². The molecule has 2 saturated heterocycles. The number of aliphatic carboxylic acids is 1. The van der Waals surface area contributed by atoms with Crippen molar-refractivity contribution in [3.63, 3.8) is 0 Å². The second-order valence-corrected chi connectivity index (χ2v) is 5.51. The average Bonchev–Trinajstić information content (AvgIpc) is 2.97. The van der Waals surface area contributed by atoms with Crippen molar-refractivity contribution >= 4 is 11.9 Å². The van der Waals surface area contributed by atoms with E-state index in [9.17, 15) is 14.7 Å². The molecule has 5 nitrogen and oxygen atoms in total. The summed E-state index contributed by atoms with van der Waals surface area (Å²) in [5, 5.41) is 9.35.